The summed E-state index contributed by atoms with van der Waals surface area (Å²) in [4.78, 5) is 23.6. The van der Waals surface area contributed by atoms with Gasteiger partial charge in [0.1, 0.15) is 0 Å². The number of carbonyl (C=O) groups is 2. The lowest BCUT2D eigenvalue weighted by Crippen LogP contribution is -2.15. The maximum atomic E-state index is 13.1. The fourth-order valence-corrected chi connectivity index (χ4v) is 1.96. The fourth-order valence-electron chi connectivity index (χ4n) is 1.61. The highest BCUT2D eigenvalue weighted by atomic mass is 35.5. The van der Waals surface area contributed by atoms with Crippen molar-refractivity contribution in [1.82, 2.24) is 0 Å². The molecule has 2 aromatic carbocycles. The normalized spacial score (nSPS) is 10.4. The molecule has 0 radical (unpaired) electrons. The Bertz CT molecular complexity index is 730. The van der Waals surface area contributed by atoms with Crippen molar-refractivity contribution < 1.29 is 23.1 Å². The predicted octanol–water partition coefficient (Wildman–Crippen LogP) is 4.31. The van der Waals surface area contributed by atoms with Crippen molar-refractivity contribution in [3.8, 4) is 0 Å². The van der Waals surface area contributed by atoms with E-state index in [4.69, 9.17) is 27.9 Å². The highest BCUT2D eigenvalue weighted by Gasteiger charge is 2.17. The third kappa shape index (κ3) is 3.81. The molecule has 0 aliphatic heterocycles. The minimum absolute atomic E-state index is 0.300. The summed E-state index contributed by atoms with van der Waals surface area (Å²) >= 11 is 11.3. The van der Waals surface area contributed by atoms with E-state index in [1.54, 1.807) is 0 Å². The summed E-state index contributed by atoms with van der Waals surface area (Å²) < 4.78 is 30.8. The second-order valence-electron chi connectivity index (χ2n) is 4.25. The number of benzene rings is 2. The summed E-state index contributed by atoms with van der Waals surface area (Å²) in [5.41, 5.74) is -0.0574. The van der Waals surface area contributed by atoms with Gasteiger partial charge in [-0.25, -0.2) is 13.6 Å². The van der Waals surface area contributed by atoms with E-state index >= 15 is 0 Å². The average molecular weight is 345 g/mol. The molecule has 0 saturated carbocycles. The van der Waals surface area contributed by atoms with Crippen molar-refractivity contribution in [3.05, 3.63) is 69.2 Å². The number of Topliss-reactive ketones (excluding diaryl/α,β-unsaturated/α-hetero) is 1. The van der Waals surface area contributed by atoms with Crippen LogP contribution in [0.5, 0.6) is 0 Å². The van der Waals surface area contributed by atoms with E-state index in [2.05, 4.69) is 0 Å². The highest BCUT2D eigenvalue weighted by Crippen LogP contribution is 2.21. The Labute approximate surface area is 134 Å². The molecule has 2 rings (SSSR count). The first-order chi connectivity index (χ1) is 10.4. The van der Waals surface area contributed by atoms with Crippen LogP contribution in [0.2, 0.25) is 10.0 Å². The Hall–Kier alpha value is -1.98. The van der Waals surface area contributed by atoms with Crippen LogP contribution in [0.25, 0.3) is 0 Å². The first kappa shape index (κ1) is 16.4. The highest BCUT2D eigenvalue weighted by molar-refractivity contribution is 6.33. The van der Waals surface area contributed by atoms with E-state index in [1.807, 2.05) is 0 Å². The Morgan fingerprint density at radius 1 is 1.00 bits per heavy atom. The van der Waals surface area contributed by atoms with Gasteiger partial charge in [-0.2, -0.15) is 0 Å². The molecule has 0 unspecified atom stereocenters. The van der Waals surface area contributed by atoms with E-state index in [0.29, 0.717) is 22.7 Å². The van der Waals surface area contributed by atoms with Crippen LogP contribution < -0.4 is 0 Å². The number of carbonyl (C=O) groups excluding carboxylic acids is 2. The van der Waals surface area contributed by atoms with Gasteiger partial charge < -0.3 is 4.74 Å². The molecule has 7 heteroatoms. The first-order valence-electron chi connectivity index (χ1n) is 5.99. The van der Waals surface area contributed by atoms with Gasteiger partial charge in [0.05, 0.1) is 10.6 Å². The van der Waals surface area contributed by atoms with E-state index in [9.17, 15) is 18.4 Å². The Morgan fingerprint density at radius 2 is 1.59 bits per heavy atom. The largest absolute Gasteiger partial charge is 0.454 e. The van der Waals surface area contributed by atoms with Gasteiger partial charge in [-0.05, 0) is 36.4 Å². The van der Waals surface area contributed by atoms with Gasteiger partial charge in [-0.3, -0.25) is 4.79 Å². The van der Waals surface area contributed by atoms with Crippen molar-refractivity contribution in [2.45, 2.75) is 0 Å². The summed E-state index contributed by atoms with van der Waals surface area (Å²) in [5.74, 6) is -3.91. The SMILES string of the molecule is O=C(COC(=O)c1cc(F)c(F)cc1Cl)c1ccc(Cl)cc1. The van der Waals surface area contributed by atoms with Gasteiger partial charge in [0, 0.05) is 10.6 Å². The van der Waals surface area contributed by atoms with Gasteiger partial charge in [-0.1, -0.05) is 23.2 Å². The molecule has 0 saturated heterocycles. The molecule has 0 bridgehead atoms. The predicted molar refractivity (Wildman–Crippen MR) is 77.4 cm³/mol. The summed E-state index contributed by atoms with van der Waals surface area (Å²) in [7, 11) is 0. The Kier molecular flexibility index (Phi) is 5.11. The molecule has 2 aromatic rings. The molecule has 0 fully saturated rings. The van der Waals surface area contributed by atoms with Crippen molar-refractivity contribution >= 4 is 35.0 Å². The van der Waals surface area contributed by atoms with Crippen LogP contribution in [0, 0.1) is 11.6 Å². The van der Waals surface area contributed by atoms with Crippen molar-refractivity contribution in [2.24, 2.45) is 0 Å². The minimum atomic E-state index is -1.24. The molecule has 0 heterocycles. The quantitative estimate of drug-likeness (QED) is 0.471. The van der Waals surface area contributed by atoms with Crippen LogP contribution >= 0.6 is 23.2 Å². The lowest BCUT2D eigenvalue weighted by Gasteiger charge is -2.06. The molecule has 0 atom stereocenters. The molecular formula is C15H8Cl2F2O3. The second-order valence-corrected chi connectivity index (χ2v) is 5.10. The van der Waals surface area contributed by atoms with Crippen LogP contribution in [0.4, 0.5) is 8.78 Å². The molecule has 22 heavy (non-hydrogen) atoms. The number of hydrogen-bond acceptors (Lipinski definition) is 3. The standard InChI is InChI=1S/C15H8Cl2F2O3/c16-9-3-1-8(2-4-9)14(20)7-22-15(21)10-5-12(18)13(19)6-11(10)17/h1-6H,7H2. The maximum Gasteiger partial charge on any atom is 0.340 e. The molecule has 0 aromatic heterocycles. The van der Waals surface area contributed by atoms with Crippen LogP contribution in [0.3, 0.4) is 0 Å². The van der Waals surface area contributed by atoms with Gasteiger partial charge in [0.25, 0.3) is 0 Å². The van der Waals surface area contributed by atoms with Crippen LogP contribution in [0.1, 0.15) is 20.7 Å². The third-order valence-corrected chi connectivity index (χ3v) is 3.30. The Morgan fingerprint density at radius 3 is 2.23 bits per heavy atom. The van der Waals surface area contributed by atoms with E-state index in [-0.39, 0.29) is 10.6 Å². The molecule has 3 nitrogen and oxygen atoms in total. The zero-order chi connectivity index (χ0) is 16.3. The summed E-state index contributed by atoms with van der Waals surface area (Å²) in [5, 5.41) is 0.157. The third-order valence-electron chi connectivity index (χ3n) is 2.73. The van der Waals surface area contributed by atoms with Crippen LogP contribution in [-0.4, -0.2) is 18.4 Å². The first-order valence-corrected chi connectivity index (χ1v) is 6.74. The Balaban J connectivity index is 2.05. The lowest BCUT2D eigenvalue weighted by molar-refractivity contribution is 0.0474. The van der Waals surface area contributed by atoms with E-state index in [0.717, 1.165) is 0 Å². The van der Waals surface area contributed by atoms with Crippen molar-refractivity contribution in [2.75, 3.05) is 6.61 Å². The number of ketones is 1. The molecule has 0 spiro atoms. The van der Waals surface area contributed by atoms with Gasteiger partial charge in [0.15, 0.2) is 24.0 Å². The van der Waals surface area contributed by atoms with Crippen LogP contribution in [-0.2, 0) is 4.74 Å². The number of rotatable bonds is 4. The lowest BCUT2D eigenvalue weighted by atomic mass is 10.1. The number of ether oxygens (including phenoxy) is 1. The zero-order valence-electron chi connectivity index (χ0n) is 10.9. The van der Waals surface area contributed by atoms with Gasteiger partial charge in [0.2, 0.25) is 0 Å². The molecular weight excluding hydrogens is 337 g/mol. The van der Waals surface area contributed by atoms with Crippen LogP contribution in [0.15, 0.2) is 36.4 Å². The number of halogens is 4. The zero-order valence-corrected chi connectivity index (χ0v) is 12.4. The summed E-state index contributed by atoms with van der Waals surface area (Å²) in [6.07, 6.45) is 0. The van der Waals surface area contributed by atoms with Crippen molar-refractivity contribution in [3.63, 3.8) is 0 Å². The monoisotopic (exact) mass is 344 g/mol. The molecule has 0 N–H and O–H groups in total. The van der Waals surface area contributed by atoms with Crippen molar-refractivity contribution in [1.29, 1.82) is 0 Å². The minimum Gasteiger partial charge on any atom is -0.454 e. The fraction of sp³-hybridized carbons (Fsp3) is 0.0667. The smallest absolute Gasteiger partial charge is 0.340 e. The van der Waals surface area contributed by atoms with Gasteiger partial charge in [-0.15, -0.1) is 0 Å². The van der Waals surface area contributed by atoms with E-state index in [1.165, 1.54) is 24.3 Å². The topological polar surface area (TPSA) is 43.4 Å². The molecule has 0 aliphatic carbocycles. The number of esters is 1. The van der Waals surface area contributed by atoms with Gasteiger partial charge >= 0.3 is 5.97 Å². The summed E-state index contributed by atoms with van der Waals surface area (Å²) in [6.45, 7) is -0.560. The summed E-state index contributed by atoms with van der Waals surface area (Å²) in [6, 6.07) is 7.26. The second kappa shape index (κ2) is 6.85. The molecule has 0 amide bonds. The molecule has 0 aliphatic rings. The van der Waals surface area contributed by atoms with E-state index < -0.39 is 30.0 Å². The number of hydrogen-bond donors (Lipinski definition) is 0. The molecule has 114 valence electrons. The maximum absolute atomic E-state index is 13.1. The average Bonchev–Trinajstić information content (AvgIpc) is 2.49.